The lowest BCUT2D eigenvalue weighted by molar-refractivity contribution is 0.151. The third kappa shape index (κ3) is 3.43. The zero-order valence-corrected chi connectivity index (χ0v) is 18.2. The third-order valence-corrected chi connectivity index (χ3v) is 6.59. The Kier molecular flexibility index (Phi) is 5.12. The molecule has 5 rings (SSSR count). The molecule has 1 N–H and O–H groups in total. The van der Waals surface area contributed by atoms with Gasteiger partial charge in [-0.2, -0.15) is 0 Å². The summed E-state index contributed by atoms with van der Waals surface area (Å²) in [5, 5.41) is 10.8. The molecule has 1 saturated heterocycles. The number of aryl methyl sites for hydroxylation is 3. The summed E-state index contributed by atoms with van der Waals surface area (Å²) in [6.07, 6.45) is -0.604. The fourth-order valence-corrected chi connectivity index (χ4v) is 4.85. The van der Waals surface area contributed by atoms with Gasteiger partial charge in [-0.05, 0) is 43.9 Å². The molecule has 2 aromatic heterocycles. The van der Waals surface area contributed by atoms with E-state index in [0.717, 1.165) is 35.0 Å². The largest absolute Gasteiger partial charge is 0.391 e. The van der Waals surface area contributed by atoms with Gasteiger partial charge in [-0.25, -0.2) is 13.8 Å². The molecule has 8 heteroatoms. The van der Waals surface area contributed by atoms with Crippen LogP contribution in [0.15, 0.2) is 35.1 Å². The molecule has 0 saturated carbocycles. The molecule has 0 spiro atoms. The molecule has 0 amide bonds. The average molecular weight is 440 g/mol. The Morgan fingerprint density at radius 1 is 1.19 bits per heavy atom. The van der Waals surface area contributed by atoms with E-state index in [1.54, 1.807) is 30.7 Å². The lowest BCUT2D eigenvalue weighted by atomic mass is 9.99. The maximum Gasteiger partial charge on any atom is 0.263 e. The minimum Gasteiger partial charge on any atom is -0.391 e. The quantitative estimate of drug-likeness (QED) is 0.671. The molecule has 1 fully saturated rings. The number of nitrogens with zero attached hydrogens (tertiary/aromatic N) is 4. The first-order valence-electron chi connectivity index (χ1n) is 11.0. The van der Waals surface area contributed by atoms with E-state index >= 15 is 0 Å². The Morgan fingerprint density at radius 3 is 2.72 bits per heavy atom. The Morgan fingerprint density at radius 2 is 2.00 bits per heavy atom. The highest BCUT2D eigenvalue weighted by atomic mass is 19.3. The Balaban J connectivity index is 1.75. The van der Waals surface area contributed by atoms with Crippen molar-refractivity contribution in [1.29, 1.82) is 0 Å². The van der Waals surface area contributed by atoms with Crippen LogP contribution in [0.3, 0.4) is 0 Å². The predicted octanol–water partition coefficient (Wildman–Crippen LogP) is 3.83. The molecule has 0 aliphatic carbocycles. The SMILES string of the molecule is Cc1cc2c(N3CCCc4ccc(C(F)F)cc43)nc(N3CCC(O)C3)cc2n(C)c1=O. The maximum absolute atomic E-state index is 13.5. The van der Waals surface area contributed by atoms with Gasteiger partial charge >= 0.3 is 0 Å². The van der Waals surface area contributed by atoms with E-state index in [1.807, 2.05) is 21.9 Å². The van der Waals surface area contributed by atoms with Crippen LogP contribution < -0.4 is 15.4 Å². The van der Waals surface area contributed by atoms with Gasteiger partial charge in [0.1, 0.15) is 11.6 Å². The topological polar surface area (TPSA) is 61.6 Å². The van der Waals surface area contributed by atoms with Gasteiger partial charge in [-0.3, -0.25) is 4.79 Å². The van der Waals surface area contributed by atoms with Crippen molar-refractivity contribution >= 4 is 28.2 Å². The number of aliphatic hydroxyl groups excluding tert-OH is 1. The maximum atomic E-state index is 13.5. The van der Waals surface area contributed by atoms with Crippen LogP contribution in [0.25, 0.3) is 10.9 Å². The number of hydrogen-bond acceptors (Lipinski definition) is 5. The molecular weight excluding hydrogens is 414 g/mol. The van der Waals surface area contributed by atoms with E-state index in [-0.39, 0.29) is 11.1 Å². The summed E-state index contributed by atoms with van der Waals surface area (Å²) in [5.41, 5.74) is 3.00. The highest BCUT2D eigenvalue weighted by Gasteiger charge is 2.27. The molecule has 3 aromatic rings. The van der Waals surface area contributed by atoms with E-state index in [4.69, 9.17) is 4.98 Å². The Bertz CT molecular complexity index is 1260. The Hall–Kier alpha value is -3.00. The summed E-state index contributed by atoms with van der Waals surface area (Å²) in [4.78, 5) is 21.6. The lowest BCUT2D eigenvalue weighted by Crippen LogP contribution is -2.29. The van der Waals surface area contributed by atoms with Crippen molar-refractivity contribution in [2.75, 3.05) is 29.4 Å². The molecular formula is C24H26F2N4O2. The molecule has 0 bridgehead atoms. The number of fused-ring (bicyclic) bond motifs is 2. The van der Waals surface area contributed by atoms with Gasteiger partial charge in [0.2, 0.25) is 0 Å². The van der Waals surface area contributed by atoms with Crippen LogP contribution in [0.2, 0.25) is 0 Å². The number of alkyl halides is 2. The van der Waals surface area contributed by atoms with Crippen molar-refractivity contribution in [1.82, 2.24) is 9.55 Å². The molecule has 2 aliphatic heterocycles. The fourth-order valence-electron chi connectivity index (χ4n) is 4.85. The molecule has 4 heterocycles. The summed E-state index contributed by atoms with van der Waals surface area (Å²) in [7, 11) is 1.74. The van der Waals surface area contributed by atoms with Gasteiger partial charge in [-0.15, -0.1) is 0 Å². The second kappa shape index (κ2) is 7.85. The van der Waals surface area contributed by atoms with Gasteiger partial charge in [0.05, 0.1) is 11.6 Å². The third-order valence-electron chi connectivity index (χ3n) is 6.59. The van der Waals surface area contributed by atoms with Gasteiger partial charge < -0.3 is 19.5 Å². The van der Waals surface area contributed by atoms with E-state index in [9.17, 15) is 18.7 Å². The van der Waals surface area contributed by atoms with Crippen molar-refractivity contribution in [2.45, 2.75) is 38.7 Å². The van der Waals surface area contributed by atoms with Gasteiger partial charge in [-0.1, -0.05) is 12.1 Å². The van der Waals surface area contributed by atoms with Gasteiger partial charge in [0.25, 0.3) is 12.0 Å². The van der Waals surface area contributed by atoms with Gasteiger partial charge in [0.15, 0.2) is 0 Å². The number of β-amino-alcohol motifs (C(OH)–C–C–N with tert-alkyl or cyclic N) is 1. The highest BCUT2D eigenvalue weighted by molar-refractivity contribution is 5.95. The standard InChI is InChI=1S/C24H26F2N4O2/c1-14-10-18-20(28(2)24(14)32)12-21(29-9-7-17(31)13-29)27-23(18)30-8-3-4-15-5-6-16(22(25)26)11-19(15)30/h5-6,10-12,17,22,31H,3-4,7-9,13H2,1-2H3. The Labute approximate surface area is 184 Å². The molecule has 168 valence electrons. The van der Waals surface area contributed by atoms with Crippen molar-refractivity contribution in [3.63, 3.8) is 0 Å². The molecule has 1 aromatic carbocycles. The van der Waals surface area contributed by atoms with Crippen molar-refractivity contribution in [3.8, 4) is 0 Å². The van der Waals surface area contributed by atoms with Crippen LogP contribution in [0, 0.1) is 6.92 Å². The molecule has 6 nitrogen and oxygen atoms in total. The van der Waals surface area contributed by atoms with Crippen LogP contribution in [0.1, 0.15) is 36.0 Å². The average Bonchev–Trinajstić information content (AvgIpc) is 3.22. The van der Waals surface area contributed by atoms with E-state index in [0.29, 0.717) is 43.3 Å². The minimum absolute atomic E-state index is 0.0117. The number of aliphatic hydroxyl groups is 1. The summed E-state index contributed by atoms with van der Waals surface area (Å²) < 4.78 is 28.6. The summed E-state index contributed by atoms with van der Waals surface area (Å²) in [5.74, 6) is 1.34. The number of rotatable bonds is 3. The van der Waals surface area contributed by atoms with Crippen LogP contribution in [0.5, 0.6) is 0 Å². The van der Waals surface area contributed by atoms with E-state index in [2.05, 4.69) is 0 Å². The second-order valence-electron chi connectivity index (χ2n) is 8.76. The fraction of sp³-hybridized carbons (Fsp3) is 0.417. The van der Waals surface area contributed by atoms with Gasteiger partial charge in [0, 0.05) is 54.9 Å². The van der Waals surface area contributed by atoms with Crippen LogP contribution in [-0.2, 0) is 13.5 Å². The molecule has 0 radical (unpaired) electrons. The minimum atomic E-state index is -2.55. The first-order valence-corrected chi connectivity index (χ1v) is 11.0. The summed E-state index contributed by atoms with van der Waals surface area (Å²) in [6, 6.07) is 8.57. The van der Waals surface area contributed by atoms with Crippen LogP contribution >= 0.6 is 0 Å². The number of benzene rings is 1. The molecule has 1 unspecified atom stereocenters. The zero-order valence-electron chi connectivity index (χ0n) is 18.2. The molecule has 32 heavy (non-hydrogen) atoms. The molecule has 1 atom stereocenters. The number of hydrogen-bond donors (Lipinski definition) is 1. The normalized spacial score (nSPS) is 18.6. The first kappa shape index (κ1) is 20.9. The van der Waals surface area contributed by atoms with E-state index < -0.39 is 12.5 Å². The first-order chi connectivity index (χ1) is 15.3. The number of pyridine rings is 2. The van der Waals surface area contributed by atoms with Crippen molar-refractivity contribution in [2.24, 2.45) is 7.05 Å². The summed E-state index contributed by atoms with van der Waals surface area (Å²) >= 11 is 0. The lowest BCUT2D eigenvalue weighted by Gasteiger charge is -2.33. The number of aromatic nitrogens is 2. The number of halogens is 2. The second-order valence-corrected chi connectivity index (χ2v) is 8.76. The molecule has 2 aliphatic rings. The van der Waals surface area contributed by atoms with E-state index in [1.165, 1.54) is 6.07 Å². The smallest absolute Gasteiger partial charge is 0.263 e. The van der Waals surface area contributed by atoms with Crippen molar-refractivity contribution < 1.29 is 13.9 Å². The highest BCUT2D eigenvalue weighted by Crippen LogP contribution is 2.39. The van der Waals surface area contributed by atoms with Crippen molar-refractivity contribution in [3.05, 3.63) is 57.4 Å². The number of anilines is 3. The van der Waals surface area contributed by atoms with Crippen LogP contribution in [0.4, 0.5) is 26.1 Å². The predicted molar refractivity (Wildman–Crippen MR) is 121 cm³/mol. The zero-order chi connectivity index (χ0) is 22.6. The van der Waals surface area contributed by atoms with Crippen LogP contribution in [-0.4, -0.2) is 40.4 Å². The monoisotopic (exact) mass is 440 g/mol. The summed E-state index contributed by atoms with van der Waals surface area (Å²) in [6.45, 7) is 3.57.